The Morgan fingerprint density at radius 3 is 2.54 bits per heavy atom. The fourth-order valence-electron chi connectivity index (χ4n) is 4.27. The first kappa shape index (κ1) is 29.5. The topological polar surface area (TPSA) is 144 Å². The van der Waals surface area contributed by atoms with Crippen molar-refractivity contribution in [1.82, 2.24) is 5.43 Å². The van der Waals surface area contributed by atoms with Crippen molar-refractivity contribution < 1.29 is 27.6 Å². The van der Waals surface area contributed by atoms with E-state index < -0.39 is 27.4 Å². The molecule has 1 N–H and O–H groups in total. The number of carbonyl (C=O) groups excluding carboxylic acids is 1. The van der Waals surface area contributed by atoms with E-state index in [-0.39, 0.29) is 16.3 Å². The molecule has 0 unspecified atom stereocenters. The van der Waals surface area contributed by atoms with Crippen LogP contribution in [-0.2, 0) is 19.6 Å². The lowest BCUT2D eigenvalue weighted by Crippen LogP contribution is -2.40. The summed E-state index contributed by atoms with van der Waals surface area (Å²) in [6, 6.07) is 17.3. The summed E-state index contributed by atoms with van der Waals surface area (Å²) in [5.41, 5.74) is 4.44. The molecule has 1 fully saturated rings. The largest absolute Gasteiger partial charge is 0.492 e. The zero-order chi connectivity index (χ0) is 29.4. The first-order valence-electron chi connectivity index (χ1n) is 12.9. The zero-order valence-electron chi connectivity index (χ0n) is 22.7. The molecule has 1 amide bonds. The van der Waals surface area contributed by atoms with Crippen molar-refractivity contribution in [3.05, 3.63) is 88.0 Å². The maximum Gasteiger partial charge on any atom is 0.270 e. The number of para-hydroxylation sites is 2. The summed E-state index contributed by atoms with van der Waals surface area (Å²) < 4.78 is 39.5. The van der Waals surface area contributed by atoms with Crippen LogP contribution in [0.5, 0.6) is 5.75 Å². The van der Waals surface area contributed by atoms with Crippen LogP contribution in [0.4, 0.5) is 17.1 Å². The van der Waals surface area contributed by atoms with E-state index >= 15 is 0 Å². The second-order valence-corrected chi connectivity index (χ2v) is 11.0. The highest BCUT2D eigenvalue weighted by molar-refractivity contribution is 7.92. The molecule has 0 bridgehead atoms. The molecule has 1 aliphatic rings. The highest BCUT2D eigenvalue weighted by Crippen LogP contribution is 2.32. The Labute approximate surface area is 238 Å². The predicted octanol–water partition coefficient (Wildman–Crippen LogP) is 3.48. The molecular weight excluding hydrogens is 550 g/mol. The Kier molecular flexibility index (Phi) is 9.53. The number of nitro benzene ring substituents is 1. The van der Waals surface area contributed by atoms with Crippen molar-refractivity contribution in [2.75, 3.05) is 48.7 Å². The summed E-state index contributed by atoms with van der Waals surface area (Å²) in [6.45, 7) is 5.53. The molecule has 41 heavy (non-hydrogen) atoms. The number of sulfonamides is 1. The van der Waals surface area contributed by atoms with Gasteiger partial charge in [0.15, 0.2) is 0 Å². The van der Waals surface area contributed by atoms with Crippen LogP contribution in [0.15, 0.2) is 76.7 Å². The van der Waals surface area contributed by atoms with Gasteiger partial charge in [-0.1, -0.05) is 29.8 Å². The van der Waals surface area contributed by atoms with Crippen LogP contribution in [0.2, 0.25) is 0 Å². The molecule has 0 radical (unpaired) electrons. The van der Waals surface area contributed by atoms with E-state index in [4.69, 9.17) is 9.47 Å². The van der Waals surface area contributed by atoms with Crippen molar-refractivity contribution in [3.8, 4) is 5.75 Å². The first-order chi connectivity index (χ1) is 19.7. The maximum atomic E-state index is 13.7. The fourth-order valence-corrected chi connectivity index (χ4v) is 5.70. The summed E-state index contributed by atoms with van der Waals surface area (Å²) in [5.74, 6) is -0.421. The average Bonchev–Trinajstić information content (AvgIpc) is 2.97. The highest BCUT2D eigenvalue weighted by atomic mass is 32.2. The molecule has 12 nitrogen and oxygen atoms in total. The van der Waals surface area contributed by atoms with Crippen LogP contribution in [0.3, 0.4) is 0 Å². The Balaban J connectivity index is 1.61. The van der Waals surface area contributed by atoms with Crippen molar-refractivity contribution in [2.45, 2.75) is 18.7 Å². The van der Waals surface area contributed by atoms with E-state index in [0.717, 1.165) is 9.87 Å². The van der Waals surface area contributed by atoms with Gasteiger partial charge in [-0.25, -0.2) is 13.8 Å². The van der Waals surface area contributed by atoms with Gasteiger partial charge in [0.05, 0.1) is 41.5 Å². The van der Waals surface area contributed by atoms with Gasteiger partial charge in [0, 0.05) is 36.5 Å². The number of ether oxygens (including phenoxy) is 2. The molecule has 1 saturated heterocycles. The molecule has 0 saturated carbocycles. The summed E-state index contributed by atoms with van der Waals surface area (Å²) in [4.78, 5) is 26.0. The standard InChI is InChI=1S/C28H31N5O7S/c1-3-40-27-7-5-4-6-26(27)32(41(37,38)24-11-8-21(2)9-12-24)20-28(34)30-29-19-22-18-23(33(35)36)10-13-25(22)31-14-16-39-17-15-31/h4-13,18-19H,3,14-17,20H2,1-2H3,(H,30,34)/b29-19-. The van der Waals surface area contributed by atoms with E-state index in [0.29, 0.717) is 49.9 Å². The molecule has 3 aromatic carbocycles. The lowest BCUT2D eigenvalue weighted by molar-refractivity contribution is -0.384. The van der Waals surface area contributed by atoms with Gasteiger partial charge in [-0.15, -0.1) is 0 Å². The normalized spacial score (nSPS) is 13.7. The molecule has 1 heterocycles. The molecule has 4 rings (SSSR count). The van der Waals surface area contributed by atoms with Crippen LogP contribution < -0.4 is 19.4 Å². The number of nitrogens with zero attached hydrogens (tertiary/aromatic N) is 4. The number of hydrazone groups is 1. The first-order valence-corrected chi connectivity index (χ1v) is 14.4. The second-order valence-electron chi connectivity index (χ2n) is 9.12. The third-order valence-electron chi connectivity index (χ3n) is 6.30. The van der Waals surface area contributed by atoms with Gasteiger partial charge in [-0.2, -0.15) is 5.10 Å². The van der Waals surface area contributed by atoms with Crippen molar-refractivity contribution >= 4 is 39.2 Å². The molecule has 0 atom stereocenters. The summed E-state index contributed by atoms with van der Waals surface area (Å²) in [7, 11) is -4.17. The van der Waals surface area contributed by atoms with Crippen LogP contribution in [0, 0.1) is 17.0 Å². The monoisotopic (exact) mass is 581 g/mol. The van der Waals surface area contributed by atoms with Gasteiger partial charge in [-0.3, -0.25) is 19.2 Å². The minimum atomic E-state index is -4.17. The van der Waals surface area contributed by atoms with E-state index in [2.05, 4.69) is 10.5 Å². The molecule has 3 aromatic rings. The minimum Gasteiger partial charge on any atom is -0.492 e. The number of hydrogen-bond donors (Lipinski definition) is 1. The van der Waals surface area contributed by atoms with Gasteiger partial charge in [0.1, 0.15) is 12.3 Å². The lowest BCUT2D eigenvalue weighted by atomic mass is 10.1. The number of aryl methyl sites for hydroxylation is 1. The van der Waals surface area contributed by atoms with Gasteiger partial charge < -0.3 is 14.4 Å². The average molecular weight is 582 g/mol. The molecule has 0 aliphatic carbocycles. The van der Waals surface area contributed by atoms with Crippen molar-refractivity contribution in [3.63, 3.8) is 0 Å². The van der Waals surface area contributed by atoms with Crippen LogP contribution in [0.1, 0.15) is 18.1 Å². The SMILES string of the molecule is CCOc1ccccc1N(CC(=O)N/N=C\c1cc([N+](=O)[O-])ccc1N1CCOCC1)S(=O)(=O)c1ccc(C)cc1. The van der Waals surface area contributed by atoms with Gasteiger partial charge in [-0.05, 0) is 44.2 Å². The fraction of sp³-hybridized carbons (Fsp3) is 0.286. The number of benzene rings is 3. The van der Waals surface area contributed by atoms with Crippen LogP contribution in [-0.4, -0.2) is 64.9 Å². The number of morpholine rings is 1. The number of nitro groups is 1. The third kappa shape index (κ3) is 7.18. The number of rotatable bonds is 11. The van der Waals surface area contributed by atoms with E-state index in [1.54, 1.807) is 49.4 Å². The summed E-state index contributed by atoms with van der Waals surface area (Å²) in [5, 5.41) is 15.4. The number of nitrogens with one attached hydrogen (secondary N) is 1. The van der Waals surface area contributed by atoms with Crippen LogP contribution >= 0.6 is 0 Å². The summed E-state index contributed by atoms with van der Waals surface area (Å²) in [6.07, 6.45) is 1.31. The molecule has 13 heteroatoms. The minimum absolute atomic E-state index is 0.0115. The number of anilines is 2. The second kappa shape index (κ2) is 13.2. The number of carbonyl (C=O) groups is 1. The highest BCUT2D eigenvalue weighted by Gasteiger charge is 2.29. The predicted molar refractivity (Wildman–Crippen MR) is 155 cm³/mol. The quantitative estimate of drug-likeness (QED) is 0.206. The molecule has 0 aromatic heterocycles. The van der Waals surface area contributed by atoms with E-state index in [1.807, 2.05) is 11.8 Å². The number of non-ortho nitro benzene ring substituents is 1. The Morgan fingerprint density at radius 1 is 1.15 bits per heavy atom. The molecule has 216 valence electrons. The van der Waals surface area contributed by atoms with E-state index in [9.17, 15) is 23.3 Å². The smallest absolute Gasteiger partial charge is 0.270 e. The van der Waals surface area contributed by atoms with Gasteiger partial charge >= 0.3 is 0 Å². The van der Waals surface area contributed by atoms with Crippen LogP contribution in [0.25, 0.3) is 0 Å². The van der Waals surface area contributed by atoms with Gasteiger partial charge in [0.25, 0.3) is 21.6 Å². The van der Waals surface area contributed by atoms with Gasteiger partial charge in [0.2, 0.25) is 0 Å². The van der Waals surface area contributed by atoms with E-state index in [1.165, 1.54) is 30.5 Å². The Hall–Kier alpha value is -4.49. The molecular formula is C28H31N5O7S. The Morgan fingerprint density at radius 2 is 1.85 bits per heavy atom. The maximum absolute atomic E-state index is 13.7. The van der Waals surface area contributed by atoms with Crippen molar-refractivity contribution in [2.24, 2.45) is 5.10 Å². The lowest BCUT2D eigenvalue weighted by Gasteiger charge is -2.29. The molecule has 0 spiro atoms. The van der Waals surface area contributed by atoms with Crippen molar-refractivity contribution in [1.29, 1.82) is 0 Å². The summed E-state index contributed by atoms with van der Waals surface area (Å²) >= 11 is 0. The Bertz CT molecular complexity index is 1520. The number of hydrogen-bond acceptors (Lipinski definition) is 9. The zero-order valence-corrected chi connectivity index (χ0v) is 23.5. The third-order valence-corrected chi connectivity index (χ3v) is 8.07. The molecule has 1 aliphatic heterocycles. The number of amides is 1.